The van der Waals surface area contributed by atoms with E-state index in [1.807, 2.05) is 0 Å². The average molecular weight is 238 g/mol. The zero-order valence-corrected chi connectivity index (χ0v) is 9.98. The molecule has 0 atom stereocenters. The van der Waals surface area contributed by atoms with Gasteiger partial charge in [-0.2, -0.15) is 0 Å². The molecule has 0 bridgehead atoms. The number of hydrogen-bond acceptors (Lipinski definition) is 5. The van der Waals surface area contributed by atoms with Crippen LogP contribution >= 0.6 is 0 Å². The van der Waals surface area contributed by atoms with Gasteiger partial charge in [-0.25, -0.2) is 4.98 Å². The summed E-state index contributed by atoms with van der Waals surface area (Å²) in [5.41, 5.74) is 5.69. The lowest BCUT2D eigenvalue weighted by molar-refractivity contribution is 0.0947. The van der Waals surface area contributed by atoms with Crippen LogP contribution in [0.25, 0.3) is 0 Å². The number of nitrogens with two attached hydrogens (primary N) is 1. The van der Waals surface area contributed by atoms with E-state index >= 15 is 0 Å². The Bertz CT molecular complexity index is 357. The van der Waals surface area contributed by atoms with Crippen molar-refractivity contribution in [3.05, 3.63) is 18.1 Å². The topological polar surface area (TPSA) is 90.1 Å². The van der Waals surface area contributed by atoms with Crippen LogP contribution in [0.3, 0.4) is 0 Å². The van der Waals surface area contributed by atoms with Crippen LogP contribution < -0.4 is 11.1 Å². The lowest BCUT2D eigenvalue weighted by Gasteiger charge is -2.04. The summed E-state index contributed by atoms with van der Waals surface area (Å²) in [5.74, 6) is 0.00860. The van der Waals surface area contributed by atoms with E-state index in [0.29, 0.717) is 6.54 Å². The van der Waals surface area contributed by atoms with Gasteiger partial charge in [0, 0.05) is 20.3 Å². The first-order valence-electron chi connectivity index (χ1n) is 5.58. The van der Waals surface area contributed by atoms with Gasteiger partial charge in [-0.1, -0.05) is 0 Å². The van der Waals surface area contributed by atoms with Crippen molar-refractivity contribution < 1.29 is 9.53 Å². The number of anilines is 1. The molecule has 0 spiro atoms. The Balaban J connectivity index is 2.21. The second kappa shape index (κ2) is 7.56. The number of rotatable bonds is 7. The number of nitrogens with zero attached hydrogens (tertiary/aromatic N) is 2. The van der Waals surface area contributed by atoms with Crippen LogP contribution in [0, 0.1) is 0 Å². The Hall–Kier alpha value is -1.69. The van der Waals surface area contributed by atoms with Gasteiger partial charge < -0.3 is 15.8 Å². The first kappa shape index (κ1) is 13.4. The minimum atomic E-state index is -0.239. The van der Waals surface area contributed by atoms with E-state index in [1.165, 1.54) is 12.4 Å². The normalized spacial score (nSPS) is 10.2. The maximum atomic E-state index is 11.6. The second-order valence-corrected chi connectivity index (χ2v) is 3.64. The van der Waals surface area contributed by atoms with Crippen LogP contribution in [-0.2, 0) is 4.74 Å². The van der Waals surface area contributed by atoms with Crippen LogP contribution in [0.1, 0.15) is 29.8 Å². The number of ether oxygens (including phenoxy) is 1. The first-order valence-corrected chi connectivity index (χ1v) is 5.58. The number of nitrogen functional groups attached to an aromatic ring is 1. The van der Waals surface area contributed by atoms with Gasteiger partial charge in [0.15, 0.2) is 0 Å². The highest BCUT2D eigenvalue weighted by molar-refractivity contribution is 5.92. The fourth-order valence-electron chi connectivity index (χ4n) is 1.33. The third-order valence-corrected chi connectivity index (χ3v) is 2.20. The van der Waals surface area contributed by atoms with Gasteiger partial charge in [-0.05, 0) is 19.3 Å². The van der Waals surface area contributed by atoms with Crippen molar-refractivity contribution in [3.8, 4) is 0 Å². The molecule has 1 rings (SSSR count). The third-order valence-electron chi connectivity index (χ3n) is 2.20. The molecule has 6 heteroatoms. The van der Waals surface area contributed by atoms with Crippen LogP contribution in [0.15, 0.2) is 12.4 Å². The lowest BCUT2D eigenvalue weighted by atomic mass is 10.2. The molecule has 1 aromatic rings. The molecule has 1 aromatic heterocycles. The number of carbonyl (C=O) groups is 1. The Morgan fingerprint density at radius 3 is 2.94 bits per heavy atom. The van der Waals surface area contributed by atoms with E-state index in [2.05, 4.69) is 15.3 Å². The van der Waals surface area contributed by atoms with E-state index in [4.69, 9.17) is 10.5 Å². The quantitative estimate of drug-likeness (QED) is 0.679. The predicted octanol–water partition coefficient (Wildman–Crippen LogP) is 0.605. The van der Waals surface area contributed by atoms with Crippen molar-refractivity contribution in [1.29, 1.82) is 0 Å². The molecule has 0 aliphatic carbocycles. The van der Waals surface area contributed by atoms with Gasteiger partial charge in [0.2, 0.25) is 0 Å². The fourth-order valence-corrected chi connectivity index (χ4v) is 1.33. The Morgan fingerprint density at radius 2 is 2.24 bits per heavy atom. The fraction of sp³-hybridized carbons (Fsp3) is 0.545. The highest BCUT2D eigenvalue weighted by atomic mass is 16.5. The zero-order valence-electron chi connectivity index (χ0n) is 9.98. The second-order valence-electron chi connectivity index (χ2n) is 3.64. The molecule has 0 aromatic carbocycles. The number of methoxy groups -OCH3 is 1. The standard InChI is InChI=1S/C11H18N4O2/c1-17-6-4-2-3-5-14-11(16)9-7-13-8-10(12)15-9/h7-8H,2-6H2,1H3,(H2,12,15)(H,14,16). The number of hydrogen-bond donors (Lipinski definition) is 2. The van der Waals surface area contributed by atoms with Gasteiger partial charge >= 0.3 is 0 Å². The molecule has 0 radical (unpaired) electrons. The van der Waals surface area contributed by atoms with Crippen molar-refractivity contribution in [2.75, 3.05) is 26.0 Å². The molecule has 1 amide bonds. The summed E-state index contributed by atoms with van der Waals surface area (Å²) in [6.07, 6.45) is 5.75. The van der Waals surface area contributed by atoms with Crippen LogP contribution in [-0.4, -0.2) is 36.1 Å². The molecule has 3 N–H and O–H groups in total. The van der Waals surface area contributed by atoms with Gasteiger partial charge in [0.1, 0.15) is 11.5 Å². The van der Waals surface area contributed by atoms with E-state index in [1.54, 1.807) is 7.11 Å². The molecular formula is C11H18N4O2. The van der Waals surface area contributed by atoms with Gasteiger partial charge in [-0.15, -0.1) is 0 Å². The van der Waals surface area contributed by atoms with Crippen LogP contribution in [0.4, 0.5) is 5.82 Å². The summed E-state index contributed by atoms with van der Waals surface area (Å²) >= 11 is 0. The van der Waals surface area contributed by atoms with E-state index < -0.39 is 0 Å². The third kappa shape index (κ3) is 5.26. The molecule has 17 heavy (non-hydrogen) atoms. The van der Waals surface area contributed by atoms with Gasteiger partial charge in [0.05, 0.1) is 12.4 Å². The summed E-state index contributed by atoms with van der Waals surface area (Å²) in [7, 11) is 1.68. The summed E-state index contributed by atoms with van der Waals surface area (Å²) in [5, 5.41) is 2.77. The average Bonchev–Trinajstić information content (AvgIpc) is 2.33. The molecular weight excluding hydrogens is 220 g/mol. The van der Waals surface area contributed by atoms with Crippen molar-refractivity contribution in [2.24, 2.45) is 0 Å². The number of amides is 1. The summed E-state index contributed by atoms with van der Waals surface area (Å²) in [6.45, 7) is 1.38. The number of nitrogens with one attached hydrogen (secondary N) is 1. The highest BCUT2D eigenvalue weighted by Crippen LogP contribution is 1.98. The molecule has 94 valence electrons. The van der Waals surface area contributed by atoms with Crippen molar-refractivity contribution in [1.82, 2.24) is 15.3 Å². The van der Waals surface area contributed by atoms with E-state index in [9.17, 15) is 4.79 Å². The smallest absolute Gasteiger partial charge is 0.271 e. The zero-order chi connectivity index (χ0) is 12.5. The minimum absolute atomic E-state index is 0.239. The van der Waals surface area contributed by atoms with E-state index in [-0.39, 0.29) is 17.4 Å². The molecule has 0 saturated heterocycles. The minimum Gasteiger partial charge on any atom is -0.385 e. The maximum absolute atomic E-state index is 11.6. The van der Waals surface area contributed by atoms with Crippen molar-refractivity contribution in [3.63, 3.8) is 0 Å². The number of carbonyl (C=O) groups excluding carboxylic acids is 1. The molecule has 0 aliphatic rings. The summed E-state index contributed by atoms with van der Waals surface area (Å²) in [4.78, 5) is 19.3. The first-order chi connectivity index (χ1) is 8.24. The van der Waals surface area contributed by atoms with Crippen molar-refractivity contribution >= 4 is 11.7 Å². The van der Waals surface area contributed by atoms with Crippen LogP contribution in [0.2, 0.25) is 0 Å². The van der Waals surface area contributed by atoms with Crippen molar-refractivity contribution in [2.45, 2.75) is 19.3 Å². The van der Waals surface area contributed by atoms with E-state index in [0.717, 1.165) is 25.9 Å². The molecule has 0 unspecified atom stereocenters. The number of unbranched alkanes of at least 4 members (excludes halogenated alkanes) is 2. The Kier molecular flexibility index (Phi) is 5.95. The van der Waals surface area contributed by atoms with Gasteiger partial charge in [0.25, 0.3) is 5.91 Å². The number of aromatic nitrogens is 2. The molecule has 0 aliphatic heterocycles. The highest BCUT2D eigenvalue weighted by Gasteiger charge is 2.06. The monoisotopic (exact) mass is 238 g/mol. The Morgan fingerprint density at radius 1 is 1.41 bits per heavy atom. The predicted molar refractivity (Wildman–Crippen MR) is 64.5 cm³/mol. The molecule has 1 heterocycles. The molecule has 6 nitrogen and oxygen atoms in total. The summed E-state index contributed by atoms with van der Waals surface area (Å²) in [6, 6.07) is 0. The SMILES string of the molecule is COCCCCCNC(=O)c1cncc(N)n1. The molecule has 0 saturated carbocycles. The largest absolute Gasteiger partial charge is 0.385 e. The molecule has 0 fully saturated rings. The van der Waals surface area contributed by atoms with Gasteiger partial charge in [-0.3, -0.25) is 9.78 Å². The Labute approximate surface area is 101 Å². The van der Waals surface area contributed by atoms with Crippen LogP contribution in [0.5, 0.6) is 0 Å². The maximum Gasteiger partial charge on any atom is 0.271 e. The summed E-state index contributed by atoms with van der Waals surface area (Å²) < 4.78 is 4.93. The lowest BCUT2D eigenvalue weighted by Crippen LogP contribution is -2.25.